The Labute approximate surface area is 193 Å². The predicted octanol–water partition coefficient (Wildman–Crippen LogP) is 4.77. The lowest BCUT2D eigenvalue weighted by molar-refractivity contribution is -0.114. The molecule has 5 rings (SSSR count). The van der Waals surface area contributed by atoms with E-state index >= 15 is 0 Å². The monoisotopic (exact) mass is 485 g/mol. The van der Waals surface area contributed by atoms with Crippen molar-refractivity contribution in [3.05, 3.63) is 65.0 Å². The van der Waals surface area contributed by atoms with E-state index in [1.54, 1.807) is 41.8 Å². The number of benzene rings is 3. The number of halogens is 1. The second-order valence-electron chi connectivity index (χ2n) is 7.08. The van der Waals surface area contributed by atoms with Crippen LogP contribution in [0.3, 0.4) is 0 Å². The summed E-state index contributed by atoms with van der Waals surface area (Å²) >= 11 is 7.43. The quantitative estimate of drug-likeness (QED) is 0.439. The van der Waals surface area contributed by atoms with E-state index in [1.807, 2.05) is 18.2 Å². The Morgan fingerprint density at radius 2 is 1.97 bits per heavy atom. The Balaban J connectivity index is 1.36. The molecule has 1 aromatic heterocycles. The van der Waals surface area contributed by atoms with Crippen LogP contribution in [0.1, 0.15) is 0 Å². The molecule has 32 heavy (non-hydrogen) atoms. The van der Waals surface area contributed by atoms with Crippen LogP contribution in [0.4, 0.5) is 10.8 Å². The van der Waals surface area contributed by atoms with Gasteiger partial charge in [0.1, 0.15) is 12.3 Å². The first-order valence-electron chi connectivity index (χ1n) is 9.52. The molecule has 0 spiro atoms. The number of aromatic nitrogens is 1. The van der Waals surface area contributed by atoms with E-state index in [0.29, 0.717) is 32.7 Å². The van der Waals surface area contributed by atoms with Gasteiger partial charge < -0.3 is 10.1 Å². The minimum atomic E-state index is -3.81. The Bertz CT molecular complexity index is 1480. The summed E-state index contributed by atoms with van der Waals surface area (Å²) < 4.78 is 32.4. The zero-order valence-corrected chi connectivity index (χ0v) is 19.1. The number of hydrogen-bond acceptors (Lipinski definition) is 6. The van der Waals surface area contributed by atoms with Gasteiger partial charge in [-0.05, 0) is 35.7 Å². The number of methoxy groups -OCH3 is 1. The molecule has 10 heteroatoms. The summed E-state index contributed by atoms with van der Waals surface area (Å²) in [6, 6.07) is 15.7. The summed E-state index contributed by atoms with van der Waals surface area (Å²) in [6.07, 6.45) is 0. The first-order valence-corrected chi connectivity index (χ1v) is 12.2. The van der Waals surface area contributed by atoms with Crippen LogP contribution in [0.5, 0.6) is 5.75 Å². The molecule has 3 aromatic carbocycles. The van der Waals surface area contributed by atoms with Crippen LogP contribution in [0.25, 0.3) is 22.0 Å². The van der Waals surface area contributed by atoms with Gasteiger partial charge in [0.15, 0.2) is 5.13 Å². The average molecular weight is 486 g/mol. The number of anilines is 2. The molecule has 0 unspecified atom stereocenters. The summed E-state index contributed by atoms with van der Waals surface area (Å²) in [5.74, 6) is 0.0778. The summed E-state index contributed by atoms with van der Waals surface area (Å²) in [6.45, 7) is -0.348. The van der Waals surface area contributed by atoms with E-state index in [1.165, 1.54) is 18.4 Å². The number of amides is 1. The zero-order chi connectivity index (χ0) is 22.5. The molecule has 1 amide bonds. The molecule has 1 aliphatic rings. The highest BCUT2D eigenvalue weighted by atomic mass is 35.5. The van der Waals surface area contributed by atoms with Crippen LogP contribution in [-0.2, 0) is 14.8 Å². The van der Waals surface area contributed by atoms with Crippen molar-refractivity contribution in [3.8, 4) is 17.0 Å². The number of nitrogens with one attached hydrogen (secondary N) is 1. The molecule has 0 saturated heterocycles. The second kappa shape index (κ2) is 7.77. The SMILES string of the molecule is COc1ccc(-c2csc(NC(=O)CN3c4cccc5cccc(c45)S3(=O)=O)n2)cc1Cl. The smallest absolute Gasteiger partial charge is 0.265 e. The van der Waals surface area contributed by atoms with Crippen LogP contribution in [-0.4, -0.2) is 33.0 Å². The number of sulfonamides is 1. The largest absolute Gasteiger partial charge is 0.495 e. The number of carbonyl (C=O) groups excluding carboxylic acids is 1. The van der Waals surface area contributed by atoms with Gasteiger partial charge in [-0.3, -0.25) is 9.10 Å². The van der Waals surface area contributed by atoms with Crippen LogP contribution < -0.4 is 14.4 Å². The van der Waals surface area contributed by atoms with Crippen molar-refractivity contribution in [2.75, 3.05) is 23.3 Å². The first kappa shape index (κ1) is 20.7. The van der Waals surface area contributed by atoms with Crippen molar-refractivity contribution in [3.63, 3.8) is 0 Å². The summed E-state index contributed by atoms with van der Waals surface area (Å²) in [4.78, 5) is 17.4. The maximum absolute atomic E-state index is 13.0. The maximum atomic E-state index is 13.0. The van der Waals surface area contributed by atoms with Gasteiger partial charge in [-0.15, -0.1) is 11.3 Å². The molecule has 2 heterocycles. The summed E-state index contributed by atoms with van der Waals surface area (Å²) in [7, 11) is -2.27. The van der Waals surface area contributed by atoms with Gasteiger partial charge in [0.05, 0.1) is 28.4 Å². The topological polar surface area (TPSA) is 88.6 Å². The molecule has 1 N–H and O–H groups in total. The lowest BCUT2D eigenvalue weighted by Gasteiger charge is -2.17. The van der Waals surface area contributed by atoms with Crippen LogP contribution in [0, 0.1) is 0 Å². The zero-order valence-electron chi connectivity index (χ0n) is 16.7. The summed E-state index contributed by atoms with van der Waals surface area (Å²) in [5, 5.41) is 6.76. The van der Waals surface area contributed by atoms with E-state index in [2.05, 4.69) is 10.3 Å². The van der Waals surface area contributed by atoms with Gasteiger partial charge in [0.25, 0.3) is 10.0 Å². The van der Waals surface area contributed by atoms with Gasteiger partial charge in [-0.1, -0.05) is 35.9 Å². The van der Waals surface area contributed by atoms with Crippen molar-refractivity contribution < 1.29 is 17.9 Å². The molecule has 0 saturated carbocycles. The Morgan fingerprint density at radius 1 is 1.19 bits per heavy atom. The fourth-order valence-electron chi connectivity index (χ4n) is 3.71. The minimum absolute atomic E-state index is 0.214. The number of rotatable bonds is 5. The van der Waals surface area contributed by atoms with Crippen molar-refractivity contribution >= 4 is 60.5 Å². The van der Waals surface area contributed by atoms with E-state index < -0.39 is 15.9 Å². The Kier molecular flexibility index (Phi) is 5.04. The van der Waals surface area contributed by atoms with E-state index in [9.17, 15) is 13.2 Å². The van der Waals surface area contributed by atoms with Crippen molar-refractivity contribution in [2.45, 2.75) is 4.90 Å². The molecule has 0 aliphatic carbocycles. The highest BCUT2D eigenvalue weighted by Crippen LogP contribution is 2.41. The Morgan fingerprint density at radius 3 is 2.72 bits per heavy atom. The minimum Gasteiger partial charge on any atom is -0.495 e. The van der Waals surface area contributed by atoms with Crippen LogP contribution in [0.2, 0.25) is 5.02 Å². The lowest BCUT2D eigenvalue weighted by atomic mass is 10.1. The molecule has 0 radical (unpaired) electrons. The molecule has 0 atom stereocenters. The number of nitrogens with zero attached hydrogens (tertiary/aromatic N) is 2. The third-order valence-corrected chi connectivity index (χ3v) is 8.02. The molecule has 1 aliphatic heterocycles. The molecule has 0 bridgehead atoms. The number of ether oxygens (including phenoxy) is 1. The maximum Gasteiger partial charge on any atom is 0.265 e. The normalized spacial score (nSPS) is 14.0. The van der Waals surface area contributed by atoms with Crippen molar-refractivity contribution in [1.82, 2.24) is 4.98 Å². The molecule has 4 aromatic rings. The highest BCUT2D eigenvalue weighted by Gasteiger charge is 2.36. The molecule has 7 nitrogen and oxygen atoms in total. The third kappa shape index (κ3) is 3.38. The second-order valence-corrected chi connectivity index (χ2v) is 10.2. The average Bonchev–Trinajstić information content (AvgIpc) is 3.32. The van der Waals surface area contributed by atoms with E-state index in [0.717, 1.165) is 15.3 Å². The van der Waals surface area contributed by atoms with Gasteiger partial charge >= 0.3 is 0 Å². The first-order chi connectivity index (χ1) is 15.4. The number of thiazole rings is 1. The fraction of sp³-hybridized carbons (Fsp3) is 0.0909. The number of carbonyl (C=O) groups is 1. The highest BCUT2D eigenvalue weighted by molar-refractivity contribution is 7.93. The molecule has 162 valence electrons. The van der Waals surface area contributed by atoms with Gasteiger partial charge in [-0.25, -0.2) is 13.4 Å². The molecule has 0 fully saturated rings. The summed E-state index contributed by atoms with van der Waals surface area (Å²) in [5.41, 5.74) is 1.92. The Hall–Kier alpha value is -3.14. The fourth-order valence-corrected chi connectivity index (χ4v) is 6.37. The molecular formula is C22H16ClN3O4S2. The lowest BCUT2D eigenvalue weighted by Crippen LogP contribution is -2.35. The number of hydrogen-bond donors (Lipinski definition) is 1. The van der Waals surface area contributed by atoms with E-state index in [-0.39, 0.29) is 11.4 Å². The van der Waals surface area contributed by atoms with E-state index in [4.69, 9.17) is 16.3 Å². The third-order valence-electron chi connectivity index (χ3n) is 5.17. The van der Waals surface area contributed by atoms with Gasteiger partial charge in [0.2, 0.25) is 5.91 Å². The van der Waals surface area contributed by atoms with Crippen LogP contribution in [0.15, 0.2) is 64.9 Å². The van der Waals surface area contributed by atoms with Crippen molar-refractivity contribution in [1.29, 1.82) is 0 Å². The molecular weight excluding hydrogens is 470 g/mol. The van der Waals surface area contributed by atoms with Gasteiger partial charge in [-0.2, -0.15) is 0 Å². The van der Waals surface area contributed by atoms with Crippen LogP contribution >= 0.6 is 22.9 Å². The predicted molar refractivity (Wildman–Crippen MR) is 126 cm³/mol. The van der Waals surface area contributed by atoms with Gasteiger partial charge in [0, 0.05) is 16.3 Å². The standard InChI is InChI=1S/C22H16ClN3O4S2/c1-30-18-9-8-14(10-15(18)23)16-12-31-22(24-16)25-20(27)11-26-17-6-2-4-13-5-3-7-19(21(13)17)32(26,28)29/h2-10,12H,11H2,1H3,(H,24,25,27). The van der Waals surface area contributed by atoms with Crippen molar-refractivity contribution in [2.24, 2.45) is 0 Å².